The Bertz CT molecular complexity index is 69.9. The molecule has 0 aromatic rings. The van der Waals surface area contributed by atoms with Crippen molar-refractivity contribution >= 4 is 11.8 Å². The third-order valence-electron chi connectivity index (χ3n) is 0.700. The molecule has 6 heavy (non-hydrogen) atoms. The summed E-state index contributed by atoms with van der Waals surface area (Å²) in [5, 5.41) is 2.21. The molecule has 0 N–H and O–H groups in total. The summed E-state index contributed by atoms with van der Waals surface area (Å²) in [7, 11) is 0. The van der Waals surface area contributed by atoms with Gasteiger partial charge in [-0.15, -0.1) is 0 Å². The van der Waals surface area contributed by atoms with Gasteiger partial charge in [0.2, 0.25) is 0 Å². The molecule has 0 bridgehead atoms. The van der Waals surface area contributed by atoms with E-state index in [9.17, 15) is 0 Å². The van der Waals surface area contributed by atoms with Crippen molar-refractivity contribution in [1.29, 1.82) is 0 Å². The van der Waals surface area contributed by atoms with Gasteiger partial charge in [-0.05, 0) is 11.8 Å². The maximum atomic E-state index is 3.00. The number of hydrogen-bond acceptors (Lipinski definition) is 0. The van der Waals surface area contributed by atoms with Crippen molar-refractivity contribution in [1.82, 2.24) is 0 Å². The average molecular weight is 100 g/mol. The van der Waals surface area contributed by atoms with Gasteiger partial charge in [0, 0.05) is 0 Å². The summed E-state index contributed by atoms with van der Waals surface area (Å²) in [5.41, 5.74) is 0. The van der Waals surface area contributed by atoms with Crippen LogP contribution < -0.4 is 0 Å². The molecule has 0 nitrogen and oxygen atoms in total. The van der Waals surface area contributed by atoms with Crippen molar-refractivity contribution in [3.05, 3.63) is 23.6 Å². The number of hydrogen-bond donors (Lipinski definition) is 0. The summed E-state index contributed by atoms with van der Waals surface area (Å²) < 4.78 is 0. The van der Waals surface area contributed by atoms with Crippen LogP contribution in [0.5, 0.6) is 0 Å². The molecule has 1 heterocycles. The van der Waals surface area contributed by atoms with Crippen molar-refractivity contribution in [2.75, 3.05) is 5.75 Å². The van der Waals surface area contributed by atoms with Gasteiger partial charge in [0.1, 0.15) is 0 Å². The molecular formula is C5H8S. The minimum atomic E-state index is 0.606. The standard InChI is InChI=1S/C5H8S/c1-2-4-6-5-3-1/h2-4H,5H2,6H3. The molecule has 1 aliphatic heterocycles. The lowest BCUT2D eigenvalue weighted by Crippen LogP contribution is -1.68. The predicted octanol–water partition coefficient (Wildman–Crippen LogP) is 0.803. The van der Waals surface area contributed by atoms with Gasteiger partial charge in [-0.3, -0.25) is 11.8 Å². The first-order valence-corrected chi connectivity index (χ1v) is 3.54. The highest BCUT2D eigenvalue weighted by molar-refractivity contribution is 8.02. The van der Waals surface area contributed by atoms with Gasteiger partial charge < -0.3 is 0 Å². The van der Waals surface area contributed by atoms with Crippen molar-refractivity contribution in [3.8, 4) is 0 Å². The van der Waals surface area contributed by atoms with E-state index in [0.717, 1.165) is 0 Å². The zero-order valence-corrected chi connectivity index (χ0v) is 4.67. The van der Waals surface area contributed by atoms with E-state index in [1.165, 1.54) is 5.75 Å². The van der Waals surface area contributed by atoms with Crippen LogP contribution in [0.1, 0.15) is 0 Å². The third kappa shape index (κ3) is 0.902. The van der Waals surface area contributed by atoms with Crippen LogP contribution in [-0.2, 0) is 0 Å². The molecule has 1 rings (SSSR count). The molecule has 0 aromatic heterocycles. The van der Waals surface area contributed by atoms with E-state index in [4.69, 9.17) is 0 Å². The van der Waals surface area contributed by atoms with E-state index in [0.29, 0.717) is 11.8 Å². The first-order chi connectivity index (χ1) is 3.00. The minimum absolute atomic E-state index is 0.606. The molecule has 1 aliphatic rings. The molecule has 0 atom stereocenters. The zero-order valence-electron chi connectivity index (χ0n) is 3.52. The Morgan fingerprint density at radius 1 is 1.67 bits per heavy atom. The molecule has 0 spiro atoms. The number of rotatable bonds is 0. The van der Waals surface area contributed by atoms with E-state index in [1.54, 1.807) is 0 Å². The maximum Gasteiger partial charge on any atom is -0.0133 e. The van der Waals surface area contributed by atoms with Gasteiger partial charge >= 0.3 is 0 Å². The van der Waals surface area contributed by atoms with E-state index in [2.05, 4.69) is 17.6 Å². The van der Waals surface area contributed by atoms with Gasteiger partial charge in [0.15, 0.2) is 0 Å². The normalized spacial score (nSPS) is 20.0. The largest absolute Gasteiger partial charge is 0.273 e. The van der Waals surface area contributed by atoms with Crippen LogP contribution in [0.2, 0.25) is 0 Å². The third-order valence-corrected chi connectivity index (χ3v) is 1.67. The highest BCUT2D eigenvalue weighted by Crippen LogP contribution is 2.05. The van der Waals surface area contributed by atoms with Crippen molar-refractivity contribution in [3.63, 3.8) is 0 Å². The van der Waals surface area contributed by atoms with Crippen molar-refractivity contribution in [2.45, 2.75) is 0 Å². The summed E-state index contributed by atoms with van der Waals surface area (Å²) in [4.78, 5) is 0. The lowest BCUT2D eigenvalue weighted by atomic mass is 10.5. The lowest BCUT2D eigenvalue weighted by Gasteiger charge is -1.92. The maximum absolute atomic E-state index is 3.00. The van der Waals surface area contributed by atoms with E-state index < -0.39 is 0 Å². The molecule has 0 amide bonds. The Hall–Kier alpha value is -0.170. The van der Waals surface area contributed by atoms with Crippen LogP contribution in [0.3, 0.4) is 0 Å². The molecule has 1 heteroatoms. The second kappa shape index (κ2) is 2.08. The molecule has 0 saturated heterocycles. The molecule has 0 fully saturated rings. The highest BCUT2D eigenvalue weighted by Gasteiger charge is 1.74. The summed E-state index contributed by atoms with van der Waals surface area (Å²) in [6, 6.07) is 0. The summed E-state index contributed by atoms with van der Waals surface area (Å²) in [5.74, 6) is 1.26. The lowest BCUT2D eigenvalue weighted by molar-refractivity contribution is 1.70. The molecule has 0 saturated carbocycles. The molecule has 34 valence electrons. The second-order valence-electron chi connectivity index (χ2n) is 1.20. The van der Waals surface area contributed by atoms with Crippen molar-refractivity contribution in [2.24, 2.45) is 0 Å². The van der Waals surface area contributed by atoms with Crippen molar-refractivity contribution < 1.29 is 0 Å². The van der Waals surface area contributed by atoms with Crippen LogP contribution in [0.15, 0.2) is 17.6 Å². The van der Waals surface area contributed by atoms with Gasteiger partial charge in [-0.2, -0.15) is 0 Å². The Kier molecular flexibility index (Phi) is 1.39. The Morgan fingerprint density at radius 3 is 2.83 bits per heavy atom. The quantitative estimate of drug-likeness (QED) is 0.422. The molecule has 0 aromatic carbocycles. The second-order valence-corrected chi connectivity index (χ2v) is 2.53. The summed E-state index contributed by atoms with van der Waals surface area (Å²) in [6.45, 7) is 0. The highest BCUT2D eigenvalue weighted by atomic mass is 32.2. The SMILES string of the molecule is [C]1=CC[SH3]C=C1. The first kappa shape index (κ1) is 4.00. The fraction of sp³-hybridized carbons (Fsp3) is 0.200. The Morgan fingerprint density at radius 2 is 2.67 bits per heavy atom. The Labute approximate surface area is 41.9 Å². The molecule has 0 aliphatic carbocycles. The Balaban J connectivity index is 2.46. The topological polar surface area (TPSA) is 0 Å². The van der Waals surface area contributed by atoms with Crippen LogP contribution >= 0.6 is 11.8 Å². The smallest absolute Gasteiger partial charge is 0.0133 e. The average Bonchev–Trinajstić information content (AvgIpc) is 1.72. The van der Waals surface area contributed by atoms with E-state index in [1.807, 2.05) is 6.08 Å². The zero-order chi connectivity index (χ0) is 4.24. The fourth-order valence-corrected chi connectivity index (χ4v) is 1.08. The monoisotopic (exact) mass is 100 g/mol. The van der Waals surface area contributed by atoms with Crippen LogP contribution in [0.4, 0.5) is 0 Å². The number of allylic oxidation sites excluding steroid dienone is 2. The van der Waals surface area contributed by atoms with Gasteiger partial charge in [0.05, 0.1) is 0 Å². The van der Waals surface area contributed by atoms with E-state index in [-0.39, 0.29) is 0 Å². The minimum Gasteiger partial charge on any atom is -0.273 e. The molecular weight excluding hydrogens is 92.1 g/mol. The van der Waals surface area contributed by atoms with Crippen LogP contribution in [-0.4, -0.2) is 5.75 Å². The van der Waals surface area contributed by atoms with Gasteiger partial charge in [0.25, 0.3) is 0 Å². The predicted molar refractivity (Wildman–Crippen MR) is 33.6 cm³/mol. The first-order valence-electron chi connectivity index (χ1n) is 2.06. The molecule has 0 unspecified atom stereocenters. The summed E-state index contributed by atoms with van der Waals surface area (Å²) in [6.07, 6.45) is 7.09. The fourth-order valence-electron chi connectivity index (χ4n) is 0.406. The van der Waals surface area contributed by atoms with Crippen LogP contribution in [0, 0.1) is 6.08 Å². The molecule has 2 radical (unpaired) electrons. The summed E-state index contributed by atoms with van der Waals surface area (Å²) >= 11 is 0.606. The van der Waals surface area contributed by atoms with Gasteiger partial charge in [-0.1, -0.05) is 17.6 Å². The van der Waals surface area contributed by atoms with Gasteiger partial charge in [-0.25, -0.2) is 0 Å². The van der Waals surface area contributed by atoms with Crippen LogP contribution in [0.25, 0.3) is 0 Å². The van der Waals surface area contributed by atoms with E-state index >= 15 is 0 Å².